The molecule has 0 unspecified atom stereocenters. The lowest BCUT2D eigenvalue weighted by Gasteiger charge is -2.14. The van der Waals surface area contributed by atoms with Crippen molar-refractivity contribution in [1.82, 2.24) is 4.31 Å². The summed E-state index contributed by atoms with van der Waals surface area (Å²) in [5.74, 6) is 0.0329. The van der Waals surface area contributed by atoms with Crippen molar-refractivity contribution in [2.24, 2.45) is 5.73 Å². The molecule has 5 heteroatoms. The van der Waals surface area contributed by atoms with E-state index in [1.165, 1.54) is 4.31 Å². The van der Waals surface area contributed by atoms with E-state index in [1.807, 2.05) is 25.1 Å². The van der Waals surface area contributed by atoms with Crippen molar-refractivity contribution < 1.29 is 8.42 Å². The second-order valence-corrected chi connectivity index (χ2v) is 5.77. The van der Waals surface area contributed by atoms with Crippen LogP contribution in [0.4, 0.5) is 0 Å². The highest BCUT2D eigenvalue weighted by molar-refractivity contribution is 7.88. The molecule has 0 aliphatic carbocycles. The smallest absolute Gasteiger partial charge is 0.218 e. The Labute approximate surface area is 97.1 Å². The Balaban J connectivity index is 2.88. The van der Waals surface area contributed by atoms with Crippen molar-refractivity contribution in [2.45, 2.75) is 19.2 Å². The molecule has 0 heterocycles. The first-order valence-electron chi connectivity index (χ1n) is 5.21. The van der Waals surface area contributed by atoms with Crippen LogP contribution in [0.15, 0.2) is 24.3 Å². The maximum atomic E-state index is 11.8. The molecular weight excluding hydrogens is 224 g/mol. The summed E-state index contributed by atoms with van der Waals surface area (Å²) in [6.45, 7) is 2.73. The number of nitrogens with two attached hydrogens (primary N) is 1. The molecule has 1 aromatic carbocycles. The Morgan fingerprint density at radius 3 is 2.50 bits per heavy atom. The third-order valence-electron chi connectivity index (χ3n) is 2.50. The lowest BCUT2D eigenvalue weighted by Crippen LogP contribution is -2.27. The summed E-state index contributed by atoms with van der Waals surface area (Å²) >= 11 is 0. The third kappa shape index (κ3) is 3.30. The summed E-state index contributed by atoms with van der Waals surface area (Å²) in [4.78, 5) is 0. The minimum atomic E-state index is -3.20. The van der Waals surface area contributed by atoms with Crippen molar-refractivity contribution >= 4 is 10.0 Å². The van der Waals surface area contributed by atoms with Crippen LogP contribution in [0.3, 0.4) is 0 Å². The summed E-state index contributed by atoms with van der Waals surface area (Å²) in [6, 6.07) is 7.36. The van der Waals surface area contributed by atoms with Crippen LogP contribution in [0.5, 0.6) is 0 Å². The highest BCUT2D eigenvalue weighted by Crippen LogP contribution is 2.11. The Morgan fingerprint density at radius 1 is 1.31 bits per heavy atom. The van der Waals surface area contributed by atoms with Gasteiger partial charge >= 0.3 is 0 Å². The van der Waals surface area contributed by atoms with Gasteiger partial charge in [-0.3, -0.25) is 0 Å². The highest BCUT2D eigenvalue weighted by Gasteiger charge is 2.16. The van der Waals surface area contributed by atoms with E-state index in [0.29, 0.717) is 13.1 Å². The summed E-state index contributed by atoms with van der Waals surface area (Å²) in [7, 11) is -1.61. The molecule has 0 saturated heterocycles. The van der Waals surface area contributed by atoms with Gasteiger partial charge in [-0.1, -0.05) is 31.2 Å². The zero-order valence-corrected chi connectivity index (χ0v) is 10.5. The zero-order chi connectivity index (χ0) is 12.2. The number of hydrogen-bond acceptors (Lipinski definition) is 3. The van der Waals surface area contributed by atoms with Crippen molar-refractivity contribution in [3.63, 3.8) is 0 Å². The molecule has 4 nitrogen and oxygen atoms in total. The van der Waals surface area contributed by atoms with E-state index >= 15 is 0 Å². The monoisotopic (exact) mass is 242 g/mol. The van der Waals surface area contributed by atoms with Gasteiger partial charge in [0.25, 0.3) is 0 Å². The SMILES string of the molecule is CCN(C)S(=O)(=O)Cc1cccc(CN)c1. The van der Waals surface area contributed by atoms with Gasteiger partial charge in [0, 0.05) is 20.1 Å². The topological polar surface area (TPSA) is 63.4 Å². The van der Waals surface area contributed by atoms with Crippen LogP contribution < -0.4 is 5.73 Å². The van der Waals surface area contributed by atoms with Crippen molar-refractivity contribution in [1.29, 1.82) is 0 Å². The molecule has 0 aromatic heterocycles. The second kappa shape index (κ2) is 5.43. The Hall–Kier alpha value is -0.910. The standard InChI is InChI=1S/C11H18N2O2S/c1-3-13(2)16(14,15)9-11-6-4-5-10(7-11)8-12/h4-7H,3,8-9,12H2,1-2H3. The first-order chi connectivity index (χ1) is 7.49. The lowest BCUT2D eigenvalue weighted by atomic mass is 10.1. The van der Waals surface area contributed by atoms with Gasteiger partial charge in [-0.05, 0) is 11.1 Å². The van der Waals surface area contributed by atoms with Crippen LogP contribution in [-0.2, 0) is 22.3 Å². The van der Waals surface area contributed by atoms with Crippen LogP contribution in [0, 0.1) is 0 Å². The predicted octanol–water partition coefficient (Wildman–Crippen LogP) is 0.927. The summed E-state index contributed by atoms with van der Waals surface area (Å²) in [5.41, 5.74) is 7.24. The molecule has 0 aliphatic rings. The van der Waals surface area contributed by atoms with Crippen LogP contribution in [0.2, 0.25) is 0 Å². The molecule has 16 heavy (non-hydrogen) atoms. The molecule has 0 saturated carbocycles. The van der Waals surface area contributed by atoms with E-state index in [0.717, 1.165) is 11.1 Å². The van der Waals surface area contributed by atoms with Crippen LogP contribution >= 0.6 is 0 Å². The molecule has 0 radical (unpaired) electrons. The van der Waals surface area contributed by atoms with Gasteiger partial charge in [-0.2, -0.15) is 0 Å². The molecule has 0 amide bonds. The van der Waals surface area contributed by atoms with Crippen LogP contribution in [0.1, 0.15) is 18.1 Å². The average Bonchev–Trinajstić information content (AvgIpc) is 2.27. The molecule has 2 N–H and O–H groups in total. The molecule has 1 aromatic rings. The van der Waals surface area contributed by atoms with Crippen LogP contribution in [-0.4, -0.2) is 26.3 Å². The summed E-state index contributed by atoms with van der Waals surface area (Å²) < 4.78 is 25.0. The van der Waals surface area contributed by atoms with Gasteiger partial charge in [0.05, 0.1) is 5.75 Å². The molecule has 0 atom stereocenters. The zero-order valence-electron chi connectivity index (χ0n) is 9.68. The number of benzene rings is 1. The van der Waals surface area contributed by atoms with E-state index in [-0.39, 0.29) is 5.75 Å². The van der Waals surface area contributed by atoms with Crippen molar-refractivity contribution in [3.05, 3.63) is 35.4 Å². The Kier molecular flexibility index (Phi) is 4.46. The quantitative estimate of drug-likeness (QED) is 0.835. The van der Waals surface area contributed by atoms with Crippen molar-refractivity contribution in [2.75, 3.05) is 13.6 Å². The first-order valence-corrected chi connectivity index (χ1v) is 6.82. The van der Waals surface area contributed by atoms with E-state index in [4.69, 9.17) is 5.73 Å². The maximum absolute atomic E-state index is 11.8. The molecular formula is C11H18N2O2S. The minimum absolute atomic E-state index is 0.0329. The molecule has 90 valence electrons. The number of hydrogen-bond donors (Lipinski definition) is 1. The molecule has 0 bridgehead atoms. The third-order valence-corrected chi connectivity index (χ3v) is 4.40. The van der Waals surface area contributed by atoms with E-state index < -0.39 is 10.0 Å². The van der Waals surface area contributed by atoms with Crippen LogP contribution in [0.25, 0.3) is 0 Å². The maximum Gasteiger partial charge on any atom is 0.218 e. The summed E-state index contributed by atoms with van der Waals surface area (Å²) in [5, 5.41) is 0. The minimum Gasteiger partial charge on any atom is -0.326 e. The fourth-order valence-electron chi connectivity index (χ4n) is 1.36. The highest BCUT2D eigenvalue weighted by atomic mass is 32.2. The number of sulfonamides is 1. The summed E-state index contributed by atoms with van der Waals surface area (Å²) in [6.07, 6.45) is 0. The van der Waals surface area contributed by atoms with Gasteiger partial charge in [0.15, 0.2) is 0 Å². The second-order valence-electron chi connectivity index (χ2n) is 3.69. The van der Waals surface area contributed by atoms with Crippen molar-refractivity contribution in [3.8, 4) is 0 Å². The van der Waals surface area contributed by atoms with E-state index in [9.17, 15) is 8.42 Å². The number of nitrogens with zero attached hydrogens (tertiary/aromatic N) is 1. The average molecular weight is 242 g/mol. The van der Waals surface area contributed by atoms with Gasteiger partial charge in [0.2, 0.25) is 10.0 Å². The van der Waals surface area contributed by atoms with E-state index in [1.54, 1.807) is 13.1 Å². The lowest BCUT2D eigenvalue weighted by molar-refractivity contribution is 0.485. The van der Waals surface area contributed by atoms with E-state index in [2.05, 4.69) is 0 Å². The fraction of sp³-hybridized carbons (Fsp3) is 0.455. The van der Waals surface area contributed by atoms with Gasteiger partial charge in [0.1, 0.15) is 0 Å². The Bertz CT molecular complexity index is 443. The first kappa shape index (κ1) is 13.2. The van der Waals surface area contributed by atoms with Gasteiger partial charge < -0.3 is 5.73 Å². The molecule has 0 fully saturated rings. The normalized spacial score (nSPS) is 12.0. The molecule has 0 spiro atoms. The van der Waals surface area contributed by atoms with Gasteiger partial charge in [-0.25, -0.2) is 12.7 Å². The molecule has 0 aliphatic heterocycles. The van der Waals surface area contributed by atoms with Gasteiger partial charge in [-0.15, -0.1) is 0 Å². The fourth-order valence-corrected chi connectivity index (χ4v) is 2.58. The predicted molar refractivity (Wildman–Crippen MR) is 65.3 cm³/mol. The molecule has 1 rings (SSSR count). The number of rotatable bonds is 5. The largest absolute Gasteiger partial charge is 0.326 e. The Morgan fingerprint density at radius 2 is 1.94 bits per heavy atom.